The van der Waals surface area contributed by atoms with Gasteiger partial charge >= 0.3 is 0 Å². The highest BCUT2D eigenvalue weighted by atomic mass is 16.3. The molecule has 1 N–H and O–H groups in total. The number of phenols is 1. The number of aromatic hydroxyl groups is 1. The van der Waals surface area contributed by atoms with Crippen LogP contribution in [0.3, 0.4) is 0 Å². The van der Waals surface area contributed by atoms with Gasteiger partial charge in [-0.1, -0.05) is 12.1 Å². The summed E-state index contributed by atoms with van der Waals surface area (Å²) < 4.78 is 0. The molecule has 2 atom stereocenters. The number of anilines is 1. The summed E-state index contributed by atoms with van der Waals surface area (Å²) in [5.41, 5.74) is 2.45. The molecular weight excluding hydrogens is 312 g/mol. The molecule has 3 saturated carbocycles. The first-order valence-electron chi connectivity index (χ1n) is 9.93. The van der Waals surface area contributed by atoms with Crippen molar-refractivity contribution in [2.24, 2.45) is 5.41 Å². The minimum Gasteiger partial charge on any atom is -0.506 e. The summed E-state index contributed by atoms with van der Waals surface area (Å²) >= 11 is 0. The van der Waals surface area contributed by atoms with Gasteiger partial charge in [0.1, 0.15) is 5.75 Å². The Kier molecular flexibility index (Phi) is 2.47. The number of fused-ring (bicyclic) bond motifs is 3. The third kappa shape index (κ3) is 1.32. The average molecular weight is 338 g/mol. The zero-order valence-corrected chi connectivity index (χ0v) is 14.9. The lowest BCUT2D eigenvalue weighted by atomic mass is 9.41. The minimum absolute atomic E-state index is 0.0314. The van der Waals surface area contributed by atoms with Gasteiger partial charge in [-0.05, 0) is 75.1 Å². The van der Waals surface area contributed by atoms with Crippen molar-refractivity contribution in [3.05, 3.63) is 23.8 Å². The summed E-state index contributed by atoms with van der Waals surface area (Å²) in [6.07, 6.45) is 8.50. The van der Waals surface area contributed by atoms with Gasteiger partial charge in [0.15, 0.2) is 0 Å². The smallest absolute Gasteiger partial charge is 0.224 e. The van der Waals surface area contributed by atoms with Crippen LogP contribution in [0.2, 0.25) is 0 Å². The average Bonchev–Trinajstić information content (AvgIpc) is 3.13. The first kappa shape index (κ1) is 14.6. The van der Waals surface area contributed by atoms with Crippen molar-refractivity contribution in [1.29, 1.82) is 0 Å². The van der Waals surface area contributed by atoms with Crippen LogP contribution in [0, 0.1) is 5.41 Å². The molecule has 25 heavy (non-hydrogen) atoms. The summed E-state index contributed by atoms with van der Waals surface area (Å²) in [4.78, 5) is 17.6. The molecule has 3 heterocycles. The lowest BCUT2D eigenvalue weighted by molar-refractivity contribution is -0.128. The zero-order chi connectivity index (χ0) is 17.0. The summed E-state index contributed by atoms with van der Waals surface area (Å²) in [7, 11) is 0. The number of phenolic OH excluding ortho intramolecular Hbond substituents is 1. The first-order chi connectivity index (χ1) is 12.1. The molecule has 4 nitrogen and oxygen atoms in total. The van der Waals surface area contributed by atoms with Crippen molar-refractivity contribution < 1.29 is 9.90 Å². The fraction of sp³-hybridized carbons (Fsp3) is 0.667. The van der Waals surface area contributed by atoms with E-state index >= 15 is 0 Å². The molecule has 3 aliphatic heterocycles. The summed E-state index contributed by atoms with van der Waals surface area (Å²) in [5, 5.41) is 10.7. The largest absolute Gasteiger partial charge is 0.506 e. The summed E-state index contributed by atoms with van der Waals surface area (Å²) in [5.74, 6) is 0.390. The number of para-hydroxylation sites is 1. The summed E-state index contributed by atoms with van der Waals surface area (Å²) in [6, 6.07) is 6.52. The van der Waals surface area contributed by atoms with E-state index in [-0.39, 0.29) is 22.6 Å². The van der Waals surface area contributed by atoms with Crippen LogP contribution < -0.4 is 4.90 Å². The van der Waals surface area contributed by atoms with E-state index in [9.17, 15) is 9.90 Å². The molecule has 2 bridgehead atoms. The van der Waals surface area contributed by atoms with Crippen LogP contribution in [0.4, 0.5) is 5.69 Å². The molecule has 1 aromatic rings. The van der Waals surface area contributed by atoms with Crippen LogP contribution in [-0.4, -0.2) is 40.6 Å². The Morgan fingerprint density at radius 1 is 1.12 bits per heavy atom. The SMILES string of the molecule is CC(=O)N1c2c(O)cccc2[C@@]23CCN4CCCC5(CCC12CC5)[C@H]43. The third-order valence-electron chi connectivity index (χ3n) is 8.69. The van der Waals surface area contributed by atoms with Gasteiger partial charge in [-0.2, -0.15) is 0 Å². The number of amides is 1. The maximum absolute atomic E-state index is 12.8. The van der Waals surface area contributed by atoms with Gasteiger partial charge in [0.05, 0.1) is 11.2 Å². The lowest BCUT2D eigenvalue weighted by Gasteiger charge is -2.68. The van der Waals surface area contributed by atoms with Crippen LogP contribution in [0.5, 0.6) is 5.75 Å². The van der Waals surface area contributed by atoms with E-state index in [0.29, 0.717) is 11.5 Å². The monoisotopic (exact) mass is 338 g/mol. The number of piperidine rings is 1. The highest BCUT2D eigenvalue weighted by molar-refractivity contribution is 5.99. The van der Waals surface area contributed by atoms with Crippen molar-refractivity contribution in [2.75, 3.05) is 18.0 Å². The van der Waals surface area contributed by atoms with Crippen LogP contribution in [0.1, 0.15) is 57.4 Å². The Balaban J connectivity index is 1.70. The van der Waals surface area contributed by atoms with E-state index in [2.05, 4.69) is 11.0 Å². The number of nitrogens with zero attached hydrogens (tertiary/aromatic N) is 2. The minimum atomic E-state index is -0.113. The fourth-order valence-electron chi connectivity index (χ4n) is 8.19. The predicted octanol–water partition coefficient (Wildman–Crippen LogP) is 3.18. The summed E-state index contributed by atoms with van der Waals surface area (Å²) in [6.45, 7) is 4.04. The second-order valence-electron chi connectivity index (χ2n) is 9.19. The van der Waals surface area contributed by atoms with Crippen molar-refractivity contribution in [1.82, 2.24) is 4.90 Å². The van der Waals surface area contributed by atoms with Gasteiger partial charge < -0.3 is 10.0 Å². The Morgan fingerprint density at radius 2 is 1.92 bits per heavy atom. The Labute approximate surface area is 148 Å². The highest BCUT2D eigenvalue weighted by Crippen LogP contribution is 2.75. The van der Waals surface area contributed by atoms with Crippen LogP contribution in [0.15, 0.2) is 18.2 Å². The number of hydrogen-bond donors (Lipinski definition) is 1. The Morgan fingerprint density at radius 3 is 2.68 bits per heavy atom. The van der Waals surface area contributed by atoms with Crippen molar-refractivity contribution in [2.45, 2.75) is 68.9 Å². The van der Waals surface area contributed by atoms with E-state index in [1.54, 1.807) is 13.0 Å². The molecule has 7 rings (SSSR count). The number of carbonyl (C=O) groups excluding carboxylic acids is 1. The number of carbonyl (C=O) groups is 1. The van der Waals surface area contributed by atoms with Gasteiger partial charge in [0.2, 0.25) is 5.91 Å². The second-order valence-corrected chi connectivity index (χ2v) is 9.19. The van der Waals surface area contributed by atoms with Gasteiger partial charge in [-0.15, -0.1) is 0 Å². The van der Waals surface area contributed by atoms with Crippen molar-refractivity contribution in [3.63, 3.8) is 0 Å². The molecule has 3 spiro atoms. The van der Waals surface area contributed by atoms with Gasteiger partial charge in [-0.3, -0.25) is 9.69 Å². The van der Waals surface area contributed by atoms with E-state index in [4.69, 9.17) is 0 Å². The highest BCUT2D eigenvalue weighted by Gasteiger charge is 2.77. The van der Waals surface area contributed by atoms with Crippen LogP contribution in [0.25, 0.3) is 0 Å². The molecule has 1 amide bonds. The first-order valence-corrected chi connectivity index (χ1v) is 9.93. The van der Waals surface area contributed by atoms with Gasteiger partial charge in [0.25, 0.3) is 0 Å². The molecule has 6 aliphatic rings. The van der Waals surface area contributed by atoms with Gasteiger partial charge in [-0.25, -0.2) is 0 Å². The fourth-order valence-corrected chi connectivity index (χ4v) is 8.19. The third-order valence-corrected chi connectivity index (χ3v) is 8.69. The molecule has 1 aromatic carbocycles. The zero-order valence-electron chi connectivity index (χ0n) is 14.9. The second kappa shape index (κ2) is 4.22. The maximum Gasteiger partial charge on any atom is 0.224 e. The van der Waals surface area contributed by atoms with Crippen LogP contribution >= 0.6 is 0 Å². The van der Waals surface area contributed by atoms with Gasteiger partial charge in [0, 0.05) is 18.4 Å². The number of hydrogen-bond acceptors (Lipinski definition) is 3. The molecular formula is C21H26N2O2. The molecule has 4 heteroatoms. The molecule has 0 unspecified atom stereocenters. The van der Waals surface area contributed by atoms with Crippen LogP contribution in [-0.2, 0) is 10.2 Å². The molecule has 132 valence electrons. The molecule has 3 aliphatic carbocycles. The van der Waals surface area contributed by atoms with Crippen molar-refractivity contribution in [3.8, 4) is 5.75 Å². The molecule has 5 fully saturated rings. The number of rotatable bonds is 0. The molecule has 0 radical (unpaired) electrons. The van der Waals surface area contributed by atoms with E-state index in [1.165, 1.54) is 37.8 Å². The normalized spacial score (nSPS) is 43.7. The van der Waals surface area contributed by atoms with E-state index < -0.39 is 0 Å². The number of benzene rings is 1. The Bertz CT molecular complexity index is 795. The van der Waals surface area contributed by atoms with E-state index in [1.807, 2.05) is 11.0 Å². The quantitative estimate of drug-likeness (QED) is 0.790. The molecule has 2 saturated heterocycles. The molecule has 0 aromatic heterocycles. The Hall–Kier alpha value is -1.55. The lowest BCUT2D eigenvalue weighted by Crippen LogP contribution is -2.75. The van der Waals surface area contributed by atoms with Crippen molar-refractivity contribution >= 4 is 11.6 Å². The predicted molar refractivity (Wildman–Crippen MR) is 95.8 cm³/mol. The topological polar surface area (TPSA) is 43.8 Å². The standard InChI is InChI=1S/C21H26N2O2/c1-14(24)23-17-15(4-2-5-16(17)25)21-11-13-22-12-3-6-19(18(21)22)7-9-20(21,23)10-8-19/h2,4-5,18,25H,3,6-13H2,1H3/t18-,19?,20?,21+/m0/s1. The maximum atomic E-state index is 12.8. The van der Waals surface area contributed by atoms with E-state index in [0.717, 1.165) is 31.5 Å².